The minimum absolute atomic E-state index is 0.220. The van der Waals surface area contributed by atoms with E-state index in [1.165, 1.54) is 22.8 Å². The van der Waals surface area contributed by atoms with E-state index in [1.807, 2.05) is 19.1 Å². The van der Waals surface area contributed by atoms with Crippen LogP contribution >= 0.6 is 0 Å². The van der Waals surface area contributed by atoms with E-state index < -0.39 is 9.84 Å². The second-order valence-corrected chi connectivity index (χ2v) is 13.0. The van der Waals surface area contributed by atoms with Crippen molar-refractivity contribution in [2.24, 2.45) is 0 Å². The van der Waals surface area contributed by atoms with Crippen LogP contribution in [0.25, 0.3) is 16.7 Å². The van der Waals surface area contributed by atoms with Gasteiger partial charge < -0.3 is 20.2 Å². The molecule has 0 spiro atoms. The highest BCUT2D eigenvalue weighted by atomic mass is 32.2. The molecule has 5 aromatic rings. The zero-order chi connectivity index (χ0) is 31.7. The fraction of sp³-hybridized carbons (Fsp3) is 0.212. The van der Waals surface area contributed by atoms with Gasteiger partial charge in [-0.25, -0.2) is 13.4 Å². The van der Waals surface area contributed by atoms with Crippen LogP contribution in [0.1, 0.15) is 21.6 Å². The molecule has 3 aromatic carbocycles. The van der Waals surface area contributed by atoms with Crippen LogP contribution in [0, 0.1) is 6.92 Å². The maximum Gasteiger partial charge on any atom is 0.256 e. The first kappa shape index (κ1) is 29.8. The first-order chi connectivity index (χ1) is 21.6. The van der Waals surface area contributed by atoms with E-state index >= 15 is 0 Å². The Hall–Kier alpha value is -5.23. The van der Waals surface area contributed by atoms with Crippen molar-refractivity contribution < 1.29 is 18.3 Å². The molecule has 0 radical (unpaired) electrons. The number of carbonyl (C=O) groups excluding carboxylic acids is 1. The van der Waals surface area contributed by atoms with Crippen molar-refractivity contribution in [1.29, 1.82) is 0 Å². The summed E-state index contributed by atoms with van der Waals surface area (Å²) in [6.45, 7) is 5.01. The normalized spacial score (nSPS) is 13.6. The number of benzene rings is 3. The molecule has 0 unspecified atom stereocenters. The minimum Gasteiger partial charge on any atom is -0.508 e. The predicted molar refractivity (Wildman–Crippen MR) is 173 cm³/mol. The molecular weight excluding hydrogens is 592 g/mol. The number of sulfone groups is 1. The average Bonchev–Trinajstić information content (AvgIpc) is 3.04. The minimum atomic E-state index is -3.29. The van der Waals surface area contributed by atoms with Gasteiger partial charge >= 0.3 is 0 Å². The molecule has 1 aliphatic rings. The second kappa shape index (κ2) is 12.0. The molecule has 1 saturated heterocycles. The molecule has 0 atom stereocenters. The number of pyridine rings is 1. The standard InChI is InChI=1S/C33H32N6O5S/c1-22-29-15-16-30(41)39(31(29)36-33(35-22)38-19-17-37(18-20-38)25-9-11-27(40)12-10-25)26-7-5-24(6-8-26)32(42)34-21-23-3-13-28(14-4-23)45(2,43)44/h3-16,40H,17-21H2,1-2H3,(H,34,42). The molecule has 45 heavy (non-hydrogen) atoms. The number of anilines is 2. The number of aryl methyl sites for hydroxylation is 1. The highest BCUT2D eigenvalue weighted by Crippen LogP contribution is 2.24. The van der Waals surface area contributed by atoms with E-state index in [4.69, 9.17) is 9.97 Å². The van der Waals surface area contributed by atoms with Gasteiger partial charge in [-0.15, -0.1) is 0 Å². The monoisotopic (exact) mass is 624 g/mol. The third kappa shape index (κ3) is 6.36. The number of carbonyl (C=O) groups is 1. The molecule has 2 aromatic heterocycles. The molecule has 0 bridgehead atoms. The maximum atomic E-state index is 13.2. The number of nitrogens with zero attached hydrogens (tertiary/aromatic N) is 5. The van der Waals surface area contributed by atoms with Crippen LogP contribution in [0.15, 0.2) is 94.6 Å². The van der Waals surface area contributed by atoms with Crippen LogP contribution in [0.2, 0.25) is 0 Å². The van der Waals surface area contributed by atoms with Crippen molar-refractivity contribution >= 4 is 38.4 Å². The molecule has 0 aliphatic carbocycles. The second-order valence-electron chi connectivity index (χ2n) is 11.0. The van der Waals surface area contributed by atoms with Gasteiger partial charge in [-0.3, -0.25) is 14.2 Å². The third-order valence-corrected chi connectivity index (χ3v) is 9.03. The molecule has 11 nitrogen and oxygen atoms in total. The van der Waals surface area contributed by atoms with Crippen molar-refractivity contribution in [2.75, 3.05) is 42.2 Å². The Morgan fingerprint density at radius 2 is 1.44 bits per heavy atom. The number of rotatable bonds is 7. The number of fused-ring (bicyclic) bond motifs is 1. The molecule has 2 N–H and O–H groups in total. The Labute approximate surface area is 260 Å². The summed E-state index contributed by atoms with van der Waals surface area (Å²) < 4.78 is 24.9. The van der Waals surface area contributed by atoms with Gasteiger partial charge in [0, 0.05) is 61.7 Å². The lowest BCUT2D eigenvalue weighted by Gasteiger charge is -2.36. The summed E-state index contributed by atoms with van der Waals surface area (Å²) in [6, 6.07) is 23.5. The summed E-state index contributed by atoms with van der Waals surface area (Å²) in [5.74, 6) is 0.480. The van der Waals surface area contributed by atoms with E-state index in [1.54, 1.807) is 54.6 Å². The molecule has 6 rings (SSSR count). The van der Waals surface area contributed by atoms with Gasteiger partial charge in [-0.1, -0.05) is 12.1 Å². The van der Waals surface area contributed by atoms with Crippen molar-refractivity contribution in [3.63, 3.8) is 0 Å². The average molecular weight is 625 g/mol. The van der Waals surface area contributed by atoms with Gasteiger partial charge in [0.05, 0.1) is 16.3 Å². The Kier molecular flexibility index (Phi) is 7.98. The van der Waals surface area contributed by atoms with E-state index in [0.29, 0.717) is 35.9 Å². The maximum absolute atomic E-state index is 13.2. The molecule has 230 valence electrons. The third-order valence-electron chi connectivity index (χ3n) is 7.90. The van der Waals surface area contributed by atoms with Crippen molar-refractivity contribution in [1.82, 2.24) is 19.9 Å². The van der Waals surface area contributed by atoms with Gasteiger partial charge in [0.1, 0.15) is 5.75 Å². The summed E-state index contributed by atoms with van der Waals surface area (Å²) in [7, 11) is -3.29. The zero-order valence-electron chi connectivity index (χ0n) is 24.8. The lowest BCUT2D eigenvalue weighted by Crippen LogP contribution is -2.47. The van der Waals surface area contributed by atoms with Crippen LogP contribution in [-0.2, 0) is 16.4 Å². The SMILES string of the molecule is Cc1nc(N2CCN(c3ccc(O)cc3)CC2)nc2c1ccc(=O)n2-c1ccc(C(=O)NCc2ccc(S(C)(=O)=O)cc2)cc1. The number of phenolic OH excluding ortho intramolecular Hbond substituents is 1. The zero-order valence-corrected chi connectivity index (χ0v) is 25.7. The van der Waals surface area contributed by atoms with Gasteiger partial charge in [-0.2, -0.15) is 4.98 Å². The predicted octanol–water partition coefficient (Wildman–Crippen LogP) is 3.45. The van der Waals surface area contributed by atoms with Crippen molar-refractivity contribution in [3.05, 3.63) is 112 Å². The van der Waals surface area contributed by atoms with Gasteiger partial charge in [0.2, 0.25) is 5.95 Å². The first-order valence-electron chi connectivity index (χ1n) is 14.4. The summed E-state index contributed by atoms with van der Waals surface area (Å²) in [6.07, 6.45) is 1.15. The summed E-state index contributed by atoms with van der Waals surface area (Å²) in [5, 5.41) is 13.2. The van der Waals surface area contributed by atoms with Gasteiger partial charge in [0.15, 0.2) is 15.5 Å². The van der Waals surface area contributed by atoms with E-state index in [0.717, 1.165) is 41.7 Å². The van der Waals surface area contributed by atoms with Crippen molar-refractivity contribution in [3.8, 4) is 11.4 Å². The highest BCUT2D eigenvalue weighted by molar-refractivity contribution is 7.90. The number of hydrogen-bond acceptors (Lipinski definition) is 9. The first-order valence-corrected chi connectivity index (χ1v) is 16.3. The molecule has 1 aliphatic heterocycles. The number of aromatic nitrogens is 3. The van der Waals surface area contributed by atoms with Gasteiger partial charge in [0.25, 0.3) is 11.5 Å². The molecule has 0 saturated carbocycles. The van der Waals surface area contributed by atoms with E-state index in [-0.39, 0.29) is 28.7 Å². The summed E-state index contributed by atoms with van der Waals surface area (Å²) in [5.41, 5.74) is 3.78. The topological polar surface area (TPSA) is 138 Å². The molecular formula is C33H32N6O5S. The molecule has 3 heterocycles. The number of nitrogens with one attached hydrogen (secondary N) is 1. The highest BCUT2D eigenvalue weighted by Gasteiger charge is 2.21. The van der Waals surface area contributed by atoms with Crippen LogP contribution in [0.3, 0.4) is 0 Å². The lowest BCUT2D eigenvalue weighted by atomic mass is 10.1. The lowest BCUT2D eigenvalue weighted by molar-refractivity contribution is 0.0951. The van der Waals surface area contributed by atoms with E-state index in [9.17, 15) is 23.1 Å². The molecule has 1 fully saturated rings. The van der Waals surface area contributed by atoms with Gasteiger partial charge in [-0.05, 0) is 79.2 Å². The van der Waals surface area contributed by atoms with Crippen molar-refractivity contribution in [2.45, 2.75) is 18.4 Å². The molecule has 1 amide bonds. The number of phenols is 1. The van der Waals surface area contributed by atoms with Crippen LogP contribution in [0.4, 0.5) is 11.6 Å². The van der Waals surface area contributed by atoms with Crippen LogP contribution in [0.5, 0.6) is 5.75 Å². The summed E-state index contributed by atoms with van der Waals surface area (Å²) >= 11 is 0. The Morgan fingerprint density at radius 1 is 0.822 bits per heavy atom. The smallest absolute Gasteiger partial charge is 0.256 e. The summed E-state index contributed by atoms with van der Waals surface area (Å²) in [4.78, 5) is 40.2. The Morgan fingerprint density at radius 3 is 2.09 bits per heavy atom. The fourth-order valence-electron chi connectivity index (χ4n) is 5.37. The number of piperazine rings is 1. The Bertz CT molecular complexity index is 2040. The Balaban J connectivity index is 1.20. The largest absolute Gasteiger partial charge is 0.508 e. The number of aromatic hydroxyl groups is 1. The quantitative estimate of drug-likeness (QED) is 0.279. The number of hydrogen-bond donors (Lipinski definition) is 2. The van der Waals surface area contributed by atoms with Crippen LogP contribution in [-0.4, -0.2) is 66.4 Å². The van der Waals surface area contributed by atoms with Crippen LogP contribution < -0.4 is 20.7 Å². The molecule has 12 heteroatoms. The van der Waals surface area contributed by atoms with E-state index in [2.05, 4.69) is 15.1 Å². The fourth-order valence-corrected chi connectivity index (χ4v) is 6.00. The number of amides is 1.